The van der Waals surface area contributed by atoms with Crippen molar-refractivity contribution in [1.29, 1.82) is 0 Å². The highest BCUT2D eigenvalue weighted by atomic mass is 35.5. The number of benzene rings is 4. The van der Waals surface area contributed by atoms with Crippen LogP contribution in [0.25, 0.3) is 34.0 Å². The summed E-state index contributed by atoms with van der Waals surface area (Å²) in [6.45, 7) is 8.32. The summed E-state index contributed by atoms with van der Waals surface area (Å²) in [5, 5.41) is 12.9. The number of piperazine rings is 1. The molecule has 0 saturated carbocycles. The maximum absolute atomic E-state index is 12.4. The topological polar surface area (TPSA) is 106 Å². The van der Waals surface area contributed by atoms with Gasteiger partial charge in [-0.05, 0) is 154 Å². The molecule has 2 amide bonds. The third kappa shape index (κ3) is 10.5. The Bertz CT molecular complexity index is 2640. The maximum atomic E-state index is 12.4. The molecule has 10 nitrogen and oxygen atoms in total. The van der Waals surface area contributed by atoms with Gasteiger partial charge in [-0.1, -0.05) is 47.5 Å². The van der Waals surface area contributed by atoms with Crippen molar-refractivity contribution >= 4 is 92.0 Å². The standard InChI is InChI=1S/C26H29ClN4O.C24H23ClN4O/c1-18-16-25(31-14-12-22(13-15-31)30(2)3)29-24-10-9-21(17-23(18)24)28-26(32)11-6-19-4-7-20(27)8-5-19;1-15-10-23(29-14-19-11-20(29)13-26-19)28-22-8-7-18(12-21(15)22)27-24(30)9-4-16-2-5-17(25)6-3-16/h4-11,16-17,22H,12-15H2,1-3H3,(H,28,32);2-10,12,19-20,26H,11,13-14H2,1H3,(H,27,30)/b11-6-;9-4-. The van der Waals surface area contributed by atoms with Crippen LogP contribution in [0, 0.1) is 13.8 Å². The molecule has 2 aromatic heterocycles. The predicted octanol–water partition coefficient (Wildman–Crippen LogP) is 9.78. The highest BCUT2D eigenvalue weighted by Crippen LogP contribution is 2.32. The summed E-state index contributed by atoms with van der Waals surface area (Å²) < 4.78 is 0. The second kappa shape index (κ2) is 19.1. The molecule has 5 heterocycles. The molecule has 0 radical (unpaired) electrons. The van der Waals surface area contributed by atoms with Gasteiger partial charge in [0.25, 0.3) is 0 Å². The van der Waals surface area contributed by atoms with Crippen LogP contribution in [0.15, 0.2) is 109 Å². The Morgan fingerprint density at radius 1 is 0.710 bits per heavy atom. The Morgan fingerprint density at radius 3 is 1.68 bits per heavy atom. The van der Waals surface area contributed by atoms with Gasteiger partial charge in [0, 0.05) is 88.6 Å². The van der Waals surface area contributed by atoms with Gasteiger partial charge < -0.3 is 30.7 Å². The van der Waals surface area contributed by atoms with Crippen molar-refractivity contribution in [3.63, 3.8) is 0 Å². The Hall–Kier alpha value is -5.78. The van der Waals surface area contributed by atoms with E-state index in [1.165, 1.54) is 24.1 Å². The number of carbonyl (C=O) groups is 2. The van der Waals surface area contributed by atoms with Gasteiger partial charge >= 0.3 is 0 Å². The number of pyridine rings is 2. The van der Waals surface area contributed by atoms with Gasteiger partial charge in [-0.15, -0.1) is 0 Å². The van der Waals surface area contributed by atoms with E-state index in [0.717, 1.165) is 101 Å². The number of anilines is 4. The summed E-state index contributed by atoms with van der Waals surface area (Å²) in [6, 6.07) is 32.6. The second-order valence-corrected chi connectivity index (χ2v) is 17.5. The molecular weight excluding hydrogens is 816 g/mol. The lowest BCUT2D eigenvalue weighted by Gasteiger charge is -2.36. The molecule has 9 rings (SSSR count). The van der Waals surface area contributed by atoms with Gasteiger partial charge in [0.15, 0.2) is 0 Å². The van der Waals surface area contributed by atoms with Crippen LogP contribution in [0.4, 0.5) is 23.0 Å². The van der Waals surface area contributed by atoms with Gasteiger partial charge in [0.05, 0.1) is 11.0 Å². The summed E-state index contributed by atoms with van der Waals surface area (Å²) in [5.41, 5.74) is 7.59. The fraction of sp³-hybridized carbons (Fsp3) is 0.280. The SMILES string of the molecule is Cc1cc(N2CC3CC2CN3)nc2ccc(NC(=O)/C=C\c3ccc(Cl)cc3)cc12.Cc1cc(N2CCC(N(C)C)CC2)nc2ccc(NC(=O)/C=C\c3ccc(Cl)cc3)cc12. The fourth-order valence-electron chi connectivity index (χ4n) is 8.53. The average molecular weight is 868 g/mol. The minimum Gasteiger partial charge on any atom is -0.356 e. The van der Waals surface area contributed by atoms with Crippen molar-refractivity contribution in [3.05, 3.63) is 142 Å². The highest BCUT2D eigenvalue weighted by molar-refractivity contribution is 6.30. The average Bonchev–Trinajstić information content (AvgIpc) is 3.91. The first-order valence-corrected chi connectivity index (χ1v) is 21.9. The van der Waals surface area contributed by atoms with Crippen molar-refractivity contribution in [3.8, 4) is 0 Å². The summed E-state index contributed by atoms with van der Waals surface area (Å²) in [6.07, 6.45) is 10.1. The van der Waals surface area contributed by atoms with Crippen molar-refractivity contribution in [2.24, 2.45) is 0 Å². The van der Waals surface area contributed by atoms with Crippen LogP contribution in [-0.2, 0) is 9.59 Å². The first-order chi connectivity index (χ1) is 29.9. The van der Waals surface area contributed by atoms with E-state index in [-0.39, 0.29) is 11.8 Å². The molecule has 2 bridgehead atoms. The number of nitrogens with zero attached hydrogens (tertiary/aromatic N) is 5. The number of amides is 2. The molecule has 0 aliphatic carbocycles. The van der Waals surface area contributed by atoms with Crippen molar-refractivity contribution < 1.29 is 9.59 Å². The Labute approximate surface area is 373 Å². The molecule has 3 N–H and O–H groups in total. The van der Waals surface area contributed by atoms with E-state index in [2.05, 4.69) is 70.7 Å². The van der Waals surface area contributed by atoms with E-state index in [1.807, 2.05) is 60.7 Å². The zero-order chi connectivity index (χ0) is 43.3. The number of hydrogen-bond acceptors (Lipinski definition) is 8. The van der Waals surface area contributed by atoms with Crippen LogP contribution in [0.5, 0.6) is 0 Å². The summed E-state index contributed by atoms with van der Waals surface area (Å²) in [5.74, 6) is 1.74. The van der Waals surface area contributed by atoms with Crippen LogP contribution < -0.4 is 25.8 Å². The zero-order valence-corrected chi connectivity index (χ0v) is 37.0. The molecule has 3 fully saturated rings. The molecule has 6 aromatic rings. The molecule has 3 aliphatic rings. The third-order valence-electron chi connectivity index (χ3n) is 12.0. The molecule has 4 aromatic carbocycles. The summed E-state index contributed by atoms with van der Waals surface area (Å²) in [7, 11) is 4.31. The van der Waals surface area contributed by atoms with Crippen molar-refractivity contribution in [2.75, 3.05) is 60.7 Å². The summed E-state index contributed by atoms with van der Waals surface area (Å²) in [4.78, 5) is 41.6. The van der Waals surface area contributed by atoms with Gasteiger partial charge in [-0.25, -0.2) is 9.97 Å². The zero-order valence-electron chi connectivity index (χ0n) is 35.5. The number of fused-ring (bicyclic) bond motifs is 4. The molecule has 318 valence electrons. The summed E-state index contributed by atoms with van der Waals surface area (Å²) >= 11 is 11.8. The number of nitrogens with one attached hydrogen (secondary N) is 3. The minimum atomic E-state index is -0.176. The molecule has 3 saturated heterocycles. The molecule has 0 spiro atoms. The highest BCUT2D eigenvalue weighted by Gasteiger charge is 2.38. The lowest BCUT2D eigenvalue weighted by atomic mass is 10.0. The van der Waals surface area contributed by atoms with E-state index in [1.54, 1.807) is 36.4 Å². The van der Waals surface area contributed by atoms with Crippen LogP contribution >= 0.6 is 23.2 Å². The fourth-order valence-corrected chi connectivity index (χ4v) is 8.78. The Kier molecular flexibility index (Phi) is 13.2. The Morgan fingerprint density at radius 2 is 1.21 bits per heavy atom. The van der Waals surface area contributed by atoms with Gasteiger partial charge in [0.1, 0.15) is 11.6 Å². The molecule has 2 atom stereocenters. The number of rotatable bonds is 9. The van der Waals surface area contributed by atoms with Gasteiger partial charge in [0.2, 0.25) is 11.8 Å². The quantitative estimate of drug-likeness (QED) is 0.124. The third-order valence-corrected chi connectivity index (χ3v) is 12.5. The van der Waals surface area contributed by atoms with Gasteiger partial charge in [-0.2, -0.15) is 0 Å². The van der Waals surface area contributed by atoms with E-state index >= 15 is 0 Å². The lowest BCUT2D eigenvalue weighted by molar-refractivity contribution is -0.112. The van der Waals surface area contributed by atoms with Crippen molar-refractivity contribution in [2.45, 2.75) is 51.2 Å². The van der Waals surface area contributed by atoms with E-state index in [0.29, 0.717) is 28.2 Å². The van der Waals surface area contributed by atoms with Crippen molar-refractivity contribution in [1.82, 2.24) is 20.2 Å². The normalized spacial score (nSPS) is 17.7. The molecule has 62 heavy (non-hydrogen) atoms. The number of hydrogen-bond donors (Lipinski definition) is 3. The minimum absolute atomic E-state index is 0.174. The number of piperidine rings is 1. The smallest absolute Gasteiger partial charge is 0.248 e. The molecule has 2 unspecified atom stereocenters. The lowest BCUT2D eigenvalue weighted by Crippen LogP contribution is -2.44. The largest absolute Gasteiger partial charge is 0.356 e. The number of halogens is 2. The second-order valence-electron chi connectivity index (χ2n) is 16.6. The van der Waals surface area contributed by atoms with Crippen LogP contribution in [-0.4, -0.2) is 85.1 Å². The van der Waals surface area contributed by atoms with Crippen LogP contribution in [0.2, 0.25) is 10.0 Å². The first-order valence-electron chi connectivity index (χ1n) is 21.2. The van der Waals surface area contributed by atoms with E-state index in [9.17, 15) is 9.59 Å². The predicted molar refractivity (Wildman–Crippen MR) is 258 cm³/mol. The van der Waals surface area contributed by atoms with Crippen LogP contribution in [0.3, 0.4) is 0 Å². The van der Waals surface area contributed by atoms with E-state index in [4.69, 9.17) is 33.2 Å². The number of aryl methyl sites for hydroxylation is 2. The maximum Gasteiger partial charge on any atom is 0.248 e. The molecule has 3 aliphatic heterocycles. The molecule has 12 heteroatoms. The molecular formula is C50H52Cl2N8O2. The van der Waals surface area contributed by atoms with E-state index < -0.39 is 0 Å². The Balaban J connectivity index is 0.000000171. The van der Waals surface area contributed by atoms with Crippen LogP contribution in [0.1, 0.15) is 41.5 Å². The first kappa shape index (κ1) is 42.9. The number of aromatic nitrogens is 2. The van der Waals surface area contributed by atoms with Gasteiger partial charge in [-0.3, -0.25) is 9.59 Å². The monoisotopic (exact) mass is 866 g/mol. The number of carbonyl (C=O) groups excluding carboxylic acids is 2.